The molecule has 0 saturated carbocycles. The van der Waals surface area contributed by atoms with Gasteiger partial charge < -0.3 is 4.74 Å². The fourth-order valence-electron chi connectivity index (χ4n) is 2.20. The van der Waals surface area contributed by atoms with E-state index < -0.39 is 27.4 Å². The zero-order valence-corrected chi connectivity index (χ0v) is 15.9. The number of amides is 1. The topological polar surface area (TPSA) is 131 Å². The molecule has 11 heteroatoms. The van der Waals surface area contributed by atoms with Crippen LogP contribution in [-0.2, 0) is 14.8 Å². The van der Waals surface area contributed by atoms with Gasteiger partial charge >= 0.3 is 0 Å². The Bertz CT molecular complexity index is 989. The van der Waals surface area contributed by atoms with Crippen molar-refractivity contribution in [3.8, 4) is 5.75 Å². The molecular formula is C17H18N4O6S. The van der Waals surface area contributed by atoms with E-state index in [1.807, 2.05) is 0 Å². The van der Waals surface area contributed by atoms with E-state index in [1.165, 1.54) is 31.5 Å². The lowest BCUT2D eigenvalue weighted by Crippen LogP contribution is -2.39. The van der Waals surface area contributed by atoms with E-state index in [0.717, 1.165) is 16.6 Å². The monoisotopic (exact) mass is 406 g/mol. The summed E-state index contributed by atoms with van der Waals surface area (Å²) in [5.74, 6) is -0.0383. The standard InChI is InChI=1S/C17H18N4O6S/c1-27-16-8-6-13(7-9-16)11-18-19-17(22)12-20(28(2,25)26)14-4-3-5-15(10-14)21(23)24/h3-11H,12H2,1-2H3,(H,19,22)/b18-11-. The van der Waals surface area contributed by atoms with Gasteiger partial charge in [-0.05, 0) is 35.9 Å². The maximum absolute atomic E-state index is 12.1. The Morgan fingerprint density at radius 2 is 1.96 bits per heavy atom. The number of anilines is 1. The van der Waals surface area contributed by atoms with Gasteiger partial charge in [0.1, 0.15) is 12.3 Å². The minimum Gasteiger partial charge on any atom is -0.497 e. The molecule has 0 unspecified atom stereocenters. The van der Waals surface area contributed by atoms with Gasteiger partial charge in [-0.25, -0.2) is 13.8 Å². The summed E-state index contributed by atoms with van der Waals surface area (Å²) in [5.41, 5.74) is 2.64. The number of hydrogen-bond acceptors (Lipinski definition) is 7. The summed E-state index contributed by atoms with van der Waals surface area (Å²) in [4.78, 5) is 22.3. The van der Waals surface area contributed by atoms with Crippen LogP contribution >= 0.6 is 0 Å². The molecule has 0 aliphatic carbocycles. The Labute approximate surface area is 161 Å². The van der Waals surface area contributed by atoms with Crippen molar-refractivity contribution >= 4 is 33.5 Å². The summed E-state index contributed by atoms with van der Waals surface area (Å²) < 4.78 is 29.9. The van der Waals surface area contributed by atoms with Crippen molar-refractivity contribution in [3.63, 3.8) is 0 Å². The molecular weight excluding hydrogens is 388 g/mol. The number of benzene rings is 2. The first kappa shape index (κ1) is 20.8. The number of hydrazone groups is 1. The van der Waals surface area contributed by atoms with Crippen LogP contribution in [0.15, 0.2) is 53.6 Å². The molecule has 1 N–H and O–H groups in total. The molecule has 0 aliphatic rings. The number of hydrogen-bond donors (Lipinski definition) is 1. The Morgan fingerprint density at radius 3 is 2.54 bits per heavy atom. The summed E-state index contributed by atoms with van der Waals surface area (Å²) >= 11 is 0. The Balaban J connectivity index is 2.10. The molecule has 2 aromatic rings. The lowest BCUT2D eigenvalue weighted by Gasteiger charge is -2.21. The molecule has 0 spiro atoms. The van der Waals surface area contributed by atoms with Crippen molar-refractivity contribution in [1.82, 2.24) is 5.43 Å². The number of rotatable bonds is 8. The highest BCUT2D eigenvalue weighted by Crippen LogP contribution is 2.22. The van der Waals surface area contributed by atoms with E-state index in [2.05, 4.69) is 10.5 Å². The minimum atomic E-state index is -3.86. The van der Waals surface area contributed by atoms with Gasteiger partial charge in [-0.3, -0.25) is 19.2 Å². The molecule has 0 aromatic heterocycles. The summed E-state index contributed by atoms with van der Waals surface area (Å²) in [7, 11) is -2.32. The van der Waals surface area contributed by atoms with E-state index in [-0.39, 0.29) is 11.4 Å². The predicted octanol–water partition coefficient (Wildman–Crippen LogP) is 1.52. The first-order valence-corrected chi connectivity index (χ1v) is 9.73. The smallest absolute Gasteiger partial charge is 0.271 e. The van der Waals surface area contributed by atoms with Crippen LogP contribution in [0.5, 0.6) is 5.75 Å². The number of ether oxygens (including phenoxy) is 1. The van der Waals surface area contributed by atoms with E-state index in [1.54, 1.807) is 24.3 Å². The van der Waals surface area contributed by atoms with Crippen LogP contribution < -0.4 is 14.5 Å². The van der Waals surface area contributed by atoms with E-state index in [9.17, 15) is 23.3 Å². The molecule has 0 aliphatic heterocycles. The molecule has 0 radical (unpaired) electrons. The minimum absolute atomic E-state index is 0.00554. The van der Waals surface area contributed by atoms with Crippen molar-refractivity contribution in [1.29, 1.82) is 0 Å². The van der Waals surface area contributed by atoms with Crippen LogP contribution in [0.1, 0.15) is 5.56 Å². The normalized spacial score (nSPS) is 11.2. The number of methoxy groups -OCH3 is 1. The summed E-state index contributed by atoms with van der Waals surface area (Å²) in [6.45, 7) is -0.583. The van der Waals surface area contributed by atoms with Gasteiger partial charge in [0.05, 0.1) is 30.2 Å². The molecule has 148 valence electrons. The number of nitrogens with zero attached hydrogens (tertiary/aromatic N) is 3. The maximum Gasteiger partial charge on any atom is 0.271 e. The Hall–Kier alpha value is -3.47. The molecule has 0 fully saturated rings. The summed E-state index contributed by atoms with van der Waals surface area (Å²) in [6, 6.07) is 11.9. The number of carbonyl (C=O) groups is 1. The third-order valence-corrected chi connectivity index (χ3v) is 4.68. The molecule has 1 amide bonds. The molecule has 0 heterocycles. The van der Waals surface area contributed by atoms with E-state index in [4.69, 9.17) is 4.74 Å². The van der Waals surface area contributed by atoms with Crippen molar-refractivity contribution in [2.24, 2.45) is 5.10 Å². The molecule has 0 saturated heterocycles. The van der Waals surface area contributed by atoms with Gasteiger partial charge in [0.2, 0.25) is 10.0 Å². The Morgan fingerprint density at radius 1 is 1.29 bits per heavy atom. The fraction of sp³-hybridized carbons (Fsp3) is 0.176. The molecule has 0 bridgehead atoms. The van der Waals surface area contributed by atoms with Gasteiger partial charge in [-0.2, -0.15) is 5.10 Å². The number of nitro groups is 1. The van der Waals surface area contributed by atoms with Gasteiger partial charge in [0.15, 0.2) is 0 Å². The van der Waals surface area contributed by atoms with Gasteiger partial charge in [0.25, 0.3) is 11.6 Å². The van der Waals surface area contributed by atoms with Crippen LogP contribution in [0.2, 0.25) is 0 Å². The highest BCUT2D eigenvalue weighted by atomic mass is 32.2. The Kier molecular flexibility index (Phi) is 6.66. The van der Waals surface area contributed by atoms with Crippen molar-refractivity contribution in [3.05, 3.63) is 64.2 Å². The highest BCUT2D eigenvalue weighted by molar-refractivity contribution is 7.92. The SMILES string of the molecule is COc1ccc(/C=N\NC(=O)CN(c2cccc([N+](=O)[O-])c2)S(C)(=O)=O)cc1. The maximum atomic E-state index is 12.1. The van der Waals surface area contributed by atoms with Crippen LogP contribution in [0.3, 0.4) is 0 Å². The van der Waals surface area contributed by atoms with Crippen molar-refractivity contribution in [2.75, 3.05) is 24.2 Å². The lowest BCUT2D eigenvalue weighted by atomic mass is 10.2. The lowest BCUT2D eigenvalue weighted by molar-refractivity contribution is -0.384. The summed E-state index contributed by atoms with van der Waals surface area (Å²) in [5, 5.41) is 14.7. The number of carbonyl (C=O) groups excluding carboxylic acids is 1. The largest absolute Gasteiger partial charge is 0.497 e. The molecule has 28 heavy (non-hydrogen) atoms. The number of sulfonamides is 1. The number of nitro benzene ring substituents is 1. The van der Waals surface area contributed by atoms with Gasteiger partial charge in [-0.1, -0.05) is 6.07 Å². The second-order valence-corrected chi connectivity index (χ2v) is 7.52. The molecule has 0 atom stereocenters. The predicted molar refractivity (Wildman–Crippen MR) is 104 cm³/mol. The first-order valence-electron chi connectivity index (χ1n) is 7.89. The average Bonchev–Trinajstić information content (AvgIpc) is 2.66. The average molecular weight is 406 g/mol. The van der Waals surface area contributed by atoms with E-state index >= 15 is 0 Å². The van der Waals surface area contributed by atoms with Gasteiger partial charge in [0, 0.05) is 12.1 Å². The van der Waals surface area contributed by atoms with Crippen molar-refractivity contribution < 1.29 is 22.9 Å². The van der Waals surface area contributed by atoms with Crippen LogP contribution in [0.25, 0.3) is 0 Å². The quantitative estimate of drug-likeness (QED) is 0.402. The van der Waals surface area contributed by atoms with Gasteiger partial charge in [-0.15, -0.1) is 0 Å². The fourth-order valence-corrected chi connectivity index (χ4v) is 3.04. The highest BCUT2D eigenvalue weighted by Gasteiger charge is 2.22. The molecule has 2 aromatic carbocycles. The van der Waals surface area contributed by atoms with Crippen LogP contribution in [0, 0.1) is 10.1 Å². The van der Waals surface area contributed by atoms with E-state index in [0.29, 0.717) is 11.3 Å². The first-order chi connectivity index (χ1) is 13.2. The second kappa shape index (κ2) is 8.95. The second-order valence-electron chi connectivity index (χ2n) is 5.61. The number of nitrogens with one attached hydrogen (secondary N) is 1. The third-order valence-electron chi connectivity index (χ3n) is 3.53. The molecule has 10 nitrogen and oxygen atoms in total. The zero-order chi connectivity index (χ0) is 20.7. The number of non-ortho nitro benzene ring substituents is 1. The van der Waals surface area contributed by atoms with Crippen LogP contribution in [-0.4, -0.2) is 45.4 Å². The van der Waals surface area contributed by atoms with Crippen molar-refractivity contribution in [2.45, 2.75) is 0 Å². The molecule has 2 rings (SSSR count). The van der Waals surface area contributed by atoms with Crippen LogP contribution in [0.4, 0.5) is 11.4 Å². The zero-order valence-electron chi connectivity index (χ0n) is 15.1. The third kappa shape index (κ3) is 5.77. The summed E-state index contributed by atoms with van der Waals surface area (Å²) in [6.07, 6.45) is 2.29.